The largest absolute Gasteiger partial charge is 0.306 e. The SMILES string of the molecule is CN(CCCCl)CCc1cccc2ccccc12. The van der Waals surface area contributed by atoms with Crippen LogP contribution in [0.15, 0.2) is 42.5 Å². The van der Waals surface area contributed by atoms with E-state index in [4.69, 9.17) is 11.6 Å². The molecule has 2 aromatic rings. The van der Waals surface area contributed by atoms with Gasteiger partial charge < -0.3 is 4.90 Å². The van der Waals surface area contributed by atoms with Gasteiger partial charge in [0.1, 0.15) is 0 Å². The Morgan fingerprint density at radius 3 is 2.61 bits per heavy atom. The number of alkyl halides is 1. The zero-order chi connectivity index (χ0) is 12.8. The van der Waals surface area contributed by atoms with Gasteiger partial charge in [-0.3, -0.25) is 0 Å². The Hall–Kier alpha value is -1.05. The summed E-state index contributed by atoms with van der Waals surface area (Å²) in [7, 11) is 2.16. The highest BCUT2D eigenvalue weighted by Crippen LogP contribution is 2.18. The third-order valence-corrected chi connectivity index (χ3v) is 3.58. The van der Waals surface area contributed by atoms with Gasteiger partial charge in [-0.2, -0.15) is 0 Å². The van der Waals surface area contributed by atoms with Crippen LogP contribution >= 0.6 is 11.6 Å². The molecule has 0 aromatic heterocycles. The Morgan fingerprint density at radius 2 is 1.78 bits per heavy atom. The number of rotatable bonds is 6. The van der Waals surface area contributed by atoms with Crippen LogP contribution in [0.25, 0.3) is 10.8 Å². The molecule has 0 N–H and O–H groups in total. The smallest absolute Gasteiger partial charge is 0.0235 e. The highest BCUT2D eigenvalue weighted by molar-refractivity contribution is 6.17. The van der Waals surface area contributed by atoms with E-state index >= 15 is 0 Å². The molecular weight excluding hydrogens is 242 g/mol. The van der Waals surface area contributed by atoms with Crippen LogP contribution in [0.5, 0.6) is 0 Å². The van der Waals surface area contributed by atoms with Crippen LogP contribution in [0.2, 0.25) is 0 Å². The van der Waals surface area contributed by atoms with Crippen molar-refractivity contribution < 1.29 is 0 Å². The summed E-state index contributed by atoms with van der Waals surface area (Å²) in [6.07, 6.45) is 2.16. The Balaban J connectivity index is 2.03. The van der Waals surface area contributed by atoms with Gasteiger partial charge in [0, 0.05) is 12.4 Å². The zero-order valence-electron chi connectivity index (χ0n) is 10.9. The molecular formula is C16H20ClN. The van der Waals surface area contributed by atoms with E-state index in [9.17, 15) is 0 Å². The van der Waals surface area contributed by atoms with Gasteiger partial charge in [-0.1, -0.05) is 42.5 Å². The van der Waals surface area contributed by atoms with E-state index in [1.165, 1.54) is 16.3 Å². The van der Waals surface area contributed by atoms with E-state index in [0.717, 1.165) is 31.8 Å². The molecule has 0 aliphatic rings. The number of likely N-dealkylation sites (N-methyl/N-ethyl adjacent to an activating group) is 1. The molecule has 0 radical (unpaired) electrons. The van der Waals surface area contributed by atoms with Crippen molar-refractivity contribution in [3.05, 3.63) is 48.0 Å². The summed E-state index contributed by atoms with van der Waals surface area (Å²) in [5.74, 6) is 0.749. The maximum absolute atomic E-state index is 5.71. The van der Waals surface area contributed by atoms with Gasteiger partial charge in [0.2, 0.25) is 0 Å². The van der Waals surface area contributed by atoms with Crippen LogP contribution < -0.4 is 0 Å². The average molecular weight is 262 g/mol. The Bertz CT molecular complexity index is 490. The Morgan fingerprint density at radius 1 is 1.00 bits per heavy atom. The van der Waals surface area contributed by atoms with Crippen LogP contribution in [0.1, 0.15) is 12.0 Å². The lowest BCUT2D eigenvalue weighted by atomic mass is 10.0. The monoisotopic (exact) mass is 261 g/mol. The molecule has 2 heteroatoms. The molecule has 96 valence electrons. The quantitative estimate of drug-likeness (QED) is 0.712. The molecule has 0 fully saturated rings. The molecule has 2 aromatic carbocycles. The van der Waals surface area contributed by atoms with Gasteiger partial charge in [0.15, 0.2) is 0 Å². The first-order valence-corrected chi connectivity index (χ1v) is 7.06. The highest BCUT2D eigenvalue weighted by atomic mass is 35.5. The van der Waals surface area contributed by atoms with Crippen molar-refractivity contribution in [2.45, 2.75) is 12.8 Å². The second-order valence-corrected chi connectivity index (χ2v) is 5.11. The Kier molecular flexibility index (Phi) is 5.03. The lowest BCUT2D eigenvalue weighted by Gasteiger charge is -2.16. The normalized spacial score (nSPS) is 11.3. The van der Waals surface area contributed by atoms with Crippen LogP contribution in [0.4, 0.5) is 0 Å². The predicted octanol–water partition coefficient (Wildman–Crippen LogP) is 3.94. The van der Waals surface area contributed by atoms with Crippen LogP contribution in [0.3, 0.4) is 0 Å². The van der Waals surface area contributed by atoms with Crippen LogP contribution in [0, 0.1) is 0 Å². The lowest BCUT2D eigenvalue weighted by molar-refractivity contribution is 0.340. The first-order chi connectivity index (χ1) is 8.81. The van der Waals surface area contributed by atoms with Gasteiger partial charge in [-0.25, -0.2) is 0 Å². The summed E-state index contributed by atoms with van der Waals surface area (Å²) >= 11 is 5.71. The lowest BCUT2D eigenvalue weighted by Crippen LogP contribution is -2.22. The molecule has 0 saturated heterocycles. The summed E-state index contributed by atoms with van der Waals surface area (Å²) in [5, 5.41) is 2.71. The molecule has 0 atom stereocenters. The fraction of sp³-hybridized carbons (Fsp3) is 0.375. The van der Waals surface area contributed by atoms with Crippen LogP contribution in [-0.2, 0) is 6.42 Å². The first-order valence-electron chi connectivity index (χ1n) is 6.52. The molecule has 2 rings (SSSR count). The van der Waals surface area contributed by atoms with Crippen molar-refractivity contribution in [3.8, 4) is 0 Å². The summed E-state index contributed by atoms with van der Waals surface area (Å²) in [6.45, 7) is 2.17. The third-order valence-electron chi connectivity index (χ3n) is 3.32. The van der Waals surface area contributed by atoms with Crippen molar-refractivity contribution in [2.75, 3.05) is 26.0 Å². The van der Waals surface area contributed by atoms with Crippen LogP contribution in [-0.4, -0.2) is 30.9 Å². The summed E-state index contributed by atoms with van der Waals surface area (Å²) in [6, 6.07) is 15.2. The predicted molar refractivity (Wildman–Crippen MR) is 80.5 cm³/mol. The second kappa shape index (κ2) is 6.77. The zero-order valence-corrected chi connectivity index (χ0v) is 11.7. The van der Waals surface area contributed by atoms with Gasteiger partial charge in [-0.05, 0) is 42.8 Å². The maximum Gasteiger partial charge on any atom is 0.0235 e. The van der Waals surface area contributed by atoms with E-state index in [-0.39, 0.29) is 0 Å². The fourth-order valence-corrected chi connectivity index (χ4v) is 2.38. The molecule has 0 heterocycles. The van der Waals surface area contributed by atoms with E-state index in [1.807, 2.05) is 0 Å². The Labute approximate surface area is 114 Å². The number of nitrogens with zero attached hydrogens (tertiary/aromatic N) is 1. The van der Waals surface area contributed by atoms with Gasteiger partial charge in [-0.15, -0.1) is 11.6 Å². The third kappa shape index (κ3) is 3.47. The van der Waals surface area contributed by atoms with Gasteiger partial charge >= 0.3 is 0 Å². The second-order valence-electron chi connectivity index (χ2n) is 4.73. The number of hydrogen-bond acceptors (Lipinski definition) is 1. The van der Waals surface area contributed by atoms with Crippen molar-refractivity contribution >= 4 is 22.4 Å². The number of benzene rings is 2. The molecule has 18 heavy (non-hydrogen) atoms. The molecule has 0 aliphatic carbocycles. The maximum atomic E-state index is 5.71. The van der Waals surface area contributed by atoms with E-state index in [2.05, 4.69) is 54.4 Å². The summed E-state index contributed by atoms with van der Waals surface area (Å²) in [5.41, 5.74) is 1.44. The highest BCUT2D eigenvalue weighted by Gasteiger charge is 2.02. The van der Waals surface area contributed by atoms with E-state index in [0.29, 0.717) is 0 Å². The fourth-order valence-electron chi connectivity index (χ4n) is 2.26. The first kappa shape index (κ1) is 13.4. The summed E-state index contributed by atoms with van der Waals surface area (Å²) in [4.78, 5) is 2.35. The molecule has 0 aliphatic heterocycles. The number of halogens is 1. The van der Waals surface area contributed by atoms with Gasteiger partial charge in [0.25, 0.3) is 0 Å². The molecule has 1 nitrogen and oxygen atoms in total. The molecule has 0 bridgehead atoms. The van der Waals surface area contributed by atoms with Crippen molar-refractivity contribution in [3.63, 3.8) is 0 Å². The number of hydrogen-bond donors (Lipinski definition) is 0. The molecule has 0 saturated carbocycles. The number of fused-ring (bicyclic) bond motifs is 1. The average Bonchev–Trinajstić information content (AvgIpc) is 2.42. The van der Waals surface area contributed by atoms with Crippen molar-refractivity contribution in [1.82, 2.24) is 4.90 Å². The molecule has 0 unspecified atom stereocenters. The standard InChI is InChI=1S/C16H20ClN/c1-18(12-5-11-17)13-10-15-8-4-7-14-6-2-3-9-16(14)15/h2-4,6-9H,5,10-13H2,1H3. The van der Waals surface area contributed by atoms with Gasteiger partial charge in [0.05, 0.1) is 0 Å². The van der Waals surface area contributed by atoms with Crippen molar-refractivity contribution in [1.29, 1.82) is 0 Å². The van der Waals surface area contributed by atoms with Crippen molar-refractivity contribution in [2.24, 2.45) is 0 Å². The van der Waals surface area contributed by atoms with E-state index in [1.54, 1.807) is 0 Å². The minimum Gasteiger partial charge on any atom is -0.306 e. The summed E-state index contributed by atoms with van der Waals surface area (Å²) < 4.78 is 0. The van der Waals surface area contributed by atoms with E-state index < -0.39 is 0 Å². The minimum atomic E-state index is 0.749. The topological polar surface area (TPSA) is 3.24 Å². The molecule has 0 spiro atoms. The minimum absolute atomic E-state index is 0.749. The molecule has 0 amide bonds.